The highest BCUT2D eigenvalue weighted by Crippen LogP contribution is 2.17. The molecule has 0 aromatic rings. The van der Waals surface area contributed by atoms with Gasteiger partial charge in [0, 0.05) is 13.1 Å². The monoisotopic (exact) mass is 304 g/mol. The second-order valence-corrected chi connectivity index (χ2v) is 8.19. The smallest absolute Gasteiger partial charge is 0.237 e. The highest BCUT2D eigenvalue weighted by Gasteiger charge is 2.26. The fourth-order valence-electron chi connectivity index (χ4n) is 2.58. The Labute approximate surface area is 123 Å². The molecule has 118 valence electrons. The second kappa shape index (κ2) is 7.98. The molecule has 1 aliphatic rings. The van der Waals surface area contributed by atoms with Crippen molar-refractivity contribution in [2.45, 2.75) is 33.6 Å². The lowest BCUT2D eigenvalue weighted by atomic mass is 9.97. The van der Waals surface area contributed by atoms with Crippen molar-refractivity contribution in [2.24, 2.45) is 11.8 Å². The van der Waals surface area contributed by atoms with Crippen LogP contribution in [-0.2, 0) is 14.6 Å². The highest BCUT2D eigenvalue weighted by molar-refractivity contribution is 7.92. The van der Waals surface area contributed by atoms with E-state index in [-0.39, 0.29) is 23.3 Å². The third kappa shape index (κ3) is 6.22. The maximum absolute atomic E-state index is 12.0. The zero-order valence-corrected chi connectivity index (χ0v) is 13.7. The molecule has 1 fully saturated rings. The van der Waals surface area contributed by atoms with Gasteiger partial charge in [-0.15, -0.1) is 0 Å². The first-order valence-electron chi connectivity index (χ1n) is 7.53. The molecule has 20 heavy (non-hydrogen) atoms. The number of hydrogen-bond acceptors (Lipinski definition) is 4. The molecule has 1 amide bonds. The Morgan fingerprint density at radius 1 is 1.30 bits per heavy atom. The van der Waals surface area contributed by atoms with Crippen LogP contribution in [0.1, 0.15) is 33.6 Å². The van der Waals surface area contributed by atoms with Gasteiger partial charge < -0.3 is 10.2 Å². The van der Waals surface area contributed by atoms with Crippen molar-refractivity contribution in [3.8, 4) is 0 Å². The number of nitrogens with one attached hydrogen (secondary N) is 1. The molecule has 0 spiro atoms. The molecular formula is C14H28N2O3S. The van der Waals surface area contributed by atoms with Gasteiger partial charge in [0.1, 0.15) is 5.75 Å². The third-order valence-corrected chi connectivity index (χ3v) is 5.44. The molecule has 0 unspecified atom stereocenters. The first-order valence-corrected chi connectivity index (χ1v) is 9.35. The number of likely N-dealkylation sites (tertiary alicyclic amines) is 1. The summed E-state index contributed by atoms with van der Waals surface area (Å²) in [6.07, 6.45) is 1.92. The Kier molecular flexibility index (Phi) is 6.95. The molecule has 5 nitrogen and oxygen atoms in total. The van der Waals surface area contributed by atoms with Crippen LogP contribution >= 0.6 is 0 Å². The van der Waals surface area contributed by atoms with Gasteiger partial charge in [0.15, 0.2) is 9.84 Å². The lowest BCUT2D eigenvalue weighted by Crippen LogP contribution is -2.43. The number of carbonyl (C=O) groups is 1. The highest BCUT2D eigenvalue weighted by atomic mass is 32.2. The predicted molar refractivity (Wildman–Crippen MR) is 81.3 cm³/mol. The predicted octanol–water partition coefficient (Wildman–Crippen LogP) is 0.905. The first-order chi connectivity index (χ1) is 9.34. The van der Waals surface area contributed by atoms with Gasteiger partial charge in [-0.2, -0.15) is 0 Å². The Morgan fingerprint density at radius 2 is 1.90 bits per heavy atom. The van der Waals surface area contributed by atoms with Crippen LogP contribution in [0, 0.1) is 11.8 Å². The summed E-state index contributed by atoms with van der Waals surface area (Å²) in [5.74, 6) is 0.205. The van der Waals surface area contributed by atoms with Crippen LogP contribution in [0.5, 0.6) is 0 Å². The number of sulfone groups is 1. The van der Waals surface area contributed by atoms with Gasteiger partial charge in [-0.25, -0.2) is 8.42 Å². The van der Waals surface area contributed by atoms with E-state index < -0.39 is 9.84 Å². The summed E-state index contributed by atoms with van der Waals surface area (Å²) in [6.45, 7) is 9.12. The van der Waals surface area contributed by atoms with Crippen LogP contribution in [0.15, 0.2) is 0 Å². The number of hydrogen-bond donors (Lipinski definition) is 1. The molecule has 1 rings (SSSR count). The number of carbonyl (C=O) groups excluding carboxylic acids is 1. The van der Waals surface area contributed by atoms with E-state index in [0.29, 0.717) is 19.0 Å². The zero-order valence-electron chi connectivity index (χ0n) is 12.9. The van der Waals surface area contributed by atoms with Gasteiger partial charge in [0.05, 0.1) is 5.75 Å². The van der Waals surface area contributed by atoms with Crippen LogP contribution in [0.2, 0.25) is 0 Å². The maximum Gasteiger partial charge on any atom is 0.237 e. The molecular weight excluding hydrogens is 276 g/mol. The molecule has 0 bridgehead atoms. The molecule has 0 radical (unpaired) electrons. The summed E-state index contributed by atoms with van der Waals surface area (Å²) in [5, 5.41) is 3.32. The van der Waals surface area contributed by atoms with E-state index >= 15 is 0 Å². The summed E-state index contributed by atoms with van der Waals surface area (Å²) in [6, 6.07) is 0. The maximum atomic E-state index is 12.0. The molecule has 0 aromatic heterocycles. The van der Waals surface area contributed by atoms with Gasteiger partial charge in [-0.05, 0) is 37.8 Å². The van der Waals surface area contributed by atoms with Crippen LogP contribution in [0.25, 0.3) is 0 Å². The van der Waals surface area contributed by atoms with Gasteiger partial charge in [0.2, 0.25) is 5.91 Å². The zero-order chi connectivity index (χ0) is 15.2. The van der Waals surface area contributed by atoms with Crippen LogP contribution in [0.3, 0.4) is 0 Å². The van der Waals surface area contributed by atoms with Crippen molar-refractivity contribution in [1.82, 2.24) is 10.2 Å². The van der Waals surface area contributed by atoms with Gasteiger partial charge >= 0.3 is 0 Å². The Balaban J connectivity index is 2.39. The molecule has 0 aromatic carbocycles. The summed E-state index contributed by atoms with van der Waals surface area (Å²) in [7, 11) is -3.26. The minimum Gasteiger partial charge on any atom is -0.342 e. The van der Waals surface area contributed by atoms with E-state index in [1.807, 2.05) is 13.8 Å². The average Bonchev–Trinajstić information content (AvgIpc) is 2.34. The average molecular weight is 304 g/mol. The molecule has 0 aliphatic carbocycles. The molecule has 1 saturated heterocycles. The number of nitrogens with zero attached hydrogens (tertiary/aromatic N) is 1. The van der Waals surface area contributed by atoms with Crippen molar-refractivity contribution in [2.75, 3.05) is 37.7 Å². The van der Waals surface area contributed by atoms with Gasteiger partial charge in [0.25, 0.3) is 0 Å². The molecule has 1 aliphatic heterocycles. The van der Waals surface area contributed by atoms with Crippen molar-refractivity contribution in [1.29, 1.82) is 0 Å². The fourth-order valence-corrected chi connectivity index (χ4v) is 4.27. The first kappa shape index (κ1) is 17.4. The summed E-state index contributed by atoms with van der Waals surface area (Å²) in [5.41, 5.74) is 0. The van der Waals surface area contributed by atoms with Crippen molar-refractivity contribution >= 4 is 15.7 Å². The summed E-state index contributed by atoms with van der Waals surface area (Å²) < 4.78 is 23.7. The van der Waals surface area contributed by atoms with Gasteiger partial charge in [-0.3, -0.25) is 4.79 Å². The van der Waals surface area contributed by atoms with Crippen molar-refractivity contribution in [3.63, 3.8) is 0 Å². The fraction of sp³-hybridized carbons (Fsp3) is 0.929. The van der Waals surface area contributed by atoms with E-state index in [1.165, 1.54) is 0 Å². The minimum atomic E-state index is -3.26. The van der Waals surface area contributed by atoms with Crippen molar-refractivity contribution < 1.29 is 13.2 Å². The normalized spacial score (nSPS) is 17.7. The SMILES string of the molecule is CCNCC1CCN(C(=O)CS(=O)(=O)CC(C)C)CC1. The number of piperidine rings is 1. The Morgan fingerprint density at radius 3 is 2.40 bits per heavy atom. The molecule has 1 heterocycles. The Bertz CT molecular complexity index is 399. The Hall–Kier alpha value is -0.620. The van der Waals surface area contributed by atoms with Gasteiger partial charge in [-0.1, -0.05) is 20.8 Å². The van der Waals surface area contributed by atoms with Crippen LogP contribution < -0.4 is 5.32 Å². The summed E-state index contributed by atoms with van der Waals surface area (Å²) >= 11 is 0. The number of amides is 1. The quantitative estimate of drug-likeness (QED) is 0.759. The van der Waals surface area contributed by atoms with E-state index in [9.17, 15) is 13.2 Å². The van der Waals surface area contributed by atoms with E-state index in [0.717, 1.165) is 25.9 Å². The van der Waals surface area contributed by atoms with Crippen molar-refractivity contribution in [3.05, 3.63) is 0 Å². The van der Waals surface area contributed by atoms with E-state index in [2.05, 4.69) is 12.2 Å². The molecule has 1 N–H and O–H groups in total. The molecule has 6 heteroatoms. The summed E-state index contributed by atoms with van der Waals surface area (Å²) in [4.78, 5) is 13.8. The molecule has 0 saturated carbocycles. The van der Waals surface area contributed by atoms with E-state index in [4.69, 9.17) is 0 Å². The second-order valence-electron chi connectivity index (χ2n) is 6.08. The minimum absolute atomic E-state index is 0.0682. The lowest BCUT2D eigenvalue weighted by molar-refractivity contribution is -0.129. The van der Waals surface area contributed by atoms with E-state index in [1.54, 1.807) is 4.90 Å². The number of rotatable bonds is 7. The topological polar surface area (TPSA) is 66.5 Å². The van der Waals surface area contributed by atoms with Crippen LogP contribution in [0.4, 0.5) is 0 Å². The lowest BCUT2D eigenvalue weighted by Gasteiger charge is -2.32. The van der Waals surface area contributed by atoms with Crippen LogP contribution in [-0.4, -0.2) is 56.9 Å². The third-order valence-electron chi connectivity index (χ3n) is 3.58. The standard InChI is InChI=1S/C14H28N2O3S/c1-4-15-9-13-5-7-16(8-6-13)14(17)11-20(18,19)10-12(2)3/h12-13,15H,4-11H2,1-3H3. The molecule has 0 atom stereocenters. The largest absolute Gasteiger partial charge is 0.342 e.